The molecule has 2 fully saturated rings. The molecule has 3 aromatic rings. The number of carbonyl (C=O) groups is 5. The van der Waals surface area contributed by atoms with Crippen molar-refractivity contribution in [3.8, 4) is 0 Å². The summed E-state index contributed by atoms with van der Waals surface area (Å²) in [5.41, 5.74) is 15.9. The molecule has 15 nitrogen and oxygen atoms in total. The van der Waals surface area contributed by atoms with E-state index in [0.717, 1.165) is 48.4 Å². The largest absolute Gasteiger partial charge is 0.445 e. The van der Waals surface area contributed by atoms with Crippen molar-refractivity contribution >= 4 is 40.5 Å². The number of ether oxygens (including phenoxy) is 1. The Labute approximate surface area is 320 Å². The van der Waals surface area contributed by atoms with E-state index >= 15 is 0 Å². The Kier molecular flexibility index (Phi) is 14.8. The molecule has 1 aliphatic carbocycles. The molecule has 0 spiro atoms. The van der Waals surface area contributed by atoms with Gasteiger partial charge in [0, 0.05) is 23.6 Å². The summed E-state index contributed by atoms with van der Waals surface area (Å²) in [5, 5.41) is 24.7. The predicted molar refractivity (Wildman–Crippen MR) is 205 cm³/mol. The zero-order chi connectivity index (χ0) is 39.2. The molecule has 5 rings (SSSR count). The average molecular weight is 755 g/mol. The number of hydrogen-bond acceptors (Lipinski definition) is 8. The summed E-state index contributed by atoms with van der Waals surface area (Å²) in [7, 11) is 0. The van der Waals surface area contributed by atoms with Gasteiger partial charge in [-0.3, -0.25) is 19.2 Å². The summed E-state index contributed by atoms with van der Waals surface area (Å²) in [4.78, 5) is 70.5. The number of aliphatic hydroxyl groups excluding tert-OH is 1. The van der Waals surface area contributed by atoms with E-state index in [1.54, 1.807) is 12.1 Å². The molecule has 5 atom stereocenters. The van der Waals surface area contributed by atoms with Gasteiger partial charge in [-0.1, -0.05) is 97.9 Å². The van der Waals surface area contributed by atoms with E-state index in [4.69, 9.17) is 10.5 Å². The van der Waals surface area contributed by atoms with Gasteiger partial charge in [-0.2, -0.15) is 0 Å². The maximum atomic E-state index is 14.4. The third-order valence-electron chi connectivity index (χ3n) is 10.4. The van der Waals surface area contributed by atoms with Crippen molar-refractivity contribution in [3.05, 3.63) is 94.4 Å². The molecule has 0 radical (unpaired) electrons. The highest BCUT2D eigenvalue weighted by molar-refractivity contribution is 6.01. The lowest BCUT2D eigenvalue weighted by atomic mass is 9.84. The van der Waals surface area contributed by atoms with E-state index < -0.39 is 60.0 Å². The summed E-state index contributed by atoms with van der Waals surface area (Å²) in [6.45, 7) is 0.307. The molecule has 3 aromatic carbocycles. The number of alkyl carbamates (subject to hydrolysis) is 1. The van der Waals surface area contributed by atoms with Crippen LogP contribution in [-0.2, 0) is 25.7 Å². The van der Waals surface area contributed by atoms with Crippen LogP contribution in [0.15, 0.2) is 77.9 Å². The lowest BCUT2D eigenvalue weighted by Gasteiger charge is -2.32. The molecule has 15 heteroatoms. The van der Waals surface area contributed by atoms with Crippen molar-refractivity contribution in [1.29, 1.82) is 0 Å². The molecule has 1 heterocycles. The fourth-order valence-corrected chi connectivity index (χ4v) is 7.45. The SMILES string of the molecule is [N-]=[N+]=N[C@H]1C[C@@H](C(=O)NC(CCCCNC(=O)OCc2ccccc2)C(O)C(N)=O)N(C(=O)[C@@H](CC2CCCCC2)NC(=O)c2ccc3ccccc3c2)C1. The molecule has 1 saturated carbocycles. The molecule has 2 aliphatic rings. The Balaban J connectivity index is 1.25. The van der Waals surface area contributed by atoms with Gasteiger partial charge >= 0.3 is 6.09 Å². The number of amides is 5. The minimum Gasteiger partial charge on any atom is -0.445 e. The molecule has 0 aromatic heterocycles. The van der Waals surface area contributed by atoms with Crippen molar-refractivity contribution < 1.29 is 33.8 Å². The number of likely N-dealkylation sites (tertiary alicyclic amines) is 1. The first-order chi connectivity index (χ1) is 26.6. The van der Waals surface area contributed by atoms with Gasteiger partial charge in [0.1, 0.15) is 18.7 Å². The van der Waals surface area contributed by atoms with Gasteiger partial charge in [-0.05, 0) is 72.0 Å². The van der Waals surface area contributed by atoms with Gasteiger partial charge in [0.25, 0.3) is 5.91 Å². The number of primary amides is 1. The van der Waals surface area contributed by atoms with Crippen LogP contribution in [-0.4, -0.2) is 83.1 Å². The summed E-state index contributed by atoms with van der Waals surface area (Å²) >= 11 is 0. The van der Waals surface area contributed by atoms with Crippen LogP contribution in [0.2, 0.25) is 0 Å². The third kappa shape index (κ3) is 11.7. The van der Waals surface area contributed by atoms with Crippen LogP contribution in [0.4, 0.5) is 4.79 Å². The molecule has 0 bridgehead atoms. The van der Waals surface area contributed by atoms with Gasteiger partial charge < -0.3 is 36.4 Å². The second kappa shape index (κ2) is 20.1. The maximum absolute atomic E-state index is 14.4. The van der Waals surface area contributed by atoms with Crippen LogP contribution in [0.1, 0.15) is 80.1 Å². The Morgan fingerprint density at radius 1 is 0.945 bits per heavy atom. The van der Waals surface area contributed by atoms with Crippen molar-refractivity contribution in [3.63, 3.8) is 0 Å². The topological polar surface area (TPSA) is 229 Å². The molecular weight excluding hydrogens is 704 g/mol. The fourth-order valence-electron chi connectivity index (χ4n) is 7.45. The number of carbonyl (C=O) groups excluding carboxylic acids is 5. The minimum absolute atomic E-state index is 0.00476. The summed E-state index contributed by atoms with van der Waals surface area (Å²) in [6, 6.07) is 18.3. The zero-order valence-electron chi connectivity index (χ0n) is 30.8. The van der Waals surface area contributed by atoms with E-state index in [9.17, 15) is 34.6 Å². The zero-order valence-corrected chi connectivity index (χ0v) is 30.8. The van der Waals surface area contributed by atoms with E-state index in [1.165, 1.54) is 4.90 Å². The summed E-state index contributed by atoms with van der Waals surface area (Å²) in [6.07, 6.45) is 3.99. The van der Waals surface area contributed by atoms with E-state index in [-0.39, 0.29) is 38.5 Å². The van der Waals surface area contributed by atoms with Gasteiger partial charge in [0.05, 0.1) is 12.1 Å². The van der Waals surface area contributed by atoms with Crippen LogP contribution < -0.4 is 21.7 Å². The van der Waals surface area contributed by atoms with E-state index in [1.807, 2.05) is 60.7 Å². The monoisotopic (exact) mass is 754 g/mol. The molecule has 1 aliphatic heterocycles. The Morgan fingerprint density at radius 2 is 1.67 bits per heavy atom. The van der Waals surface area contributed by atoms with Gasteiger partial charge in [0.2, 0.25) is 17.7 Å². The van der Waals surface area contributed by atoms with Gasteiger partial charge in [-0.25, -0.2) is 4.79 Å². The normalized spacial score (nSPS) is 18.7. The van der Waals surface area contributed by atoms with Crippen molar-refractivity contribution in [1.82, 2.24) is 20.9 Å². The molecule has 292 valence electrons. The van der Waals surface area contributed by atoms with Crippen LogP contribution in [0.5, 0.6) is 0 Å². The maximum Gasteiger partial charge on any atom is 0.407 e. The van der Waals surface area contributed by atoms with Crippen LogP contribution >= 0.6 is 0 Å². The van der Waals surface area contributed by atoms with E-state index in [0.29, 0.717) is 24.8 Å². The third-order valence-corrected chi connectivity index (χ3v) is 10.4. The number of fused-ring (bicyclic) bond motifs is 1. The number of benzene rings is 3. The summed E-state index contributed by atoms with van der Waals surface area (Å²) < 4.78 is 5.21. The number of nitrogens with zero attached hydrogens (tertiary/aromatic N) is 4. The van der Waals surface area contributed by atoms with Crippen molar-refractivity contribution in [2.45, 2.75) is 101 Å². The number of nitrogens with one attached hydrogen (secondary N) is 3. The minimum atomic E-state index is -1.73. The average Bonchev–Trinajstić information content (AvgIpc) is 3.63. The molecule has 6 N–H and O–H groups in total. The number of rotatable bonds is 17. The quantitative estimate of drug-likeness (QED) is 0.0568. The first kappa shape index (κ1) is 40.5. The number of nitrogens with two attached hydrogens (primary N) is 1. The number of azide groups is 1. The summed E-state index contributed by atoms with van der Waals surface area (Å²) in [5.74, 6) is -2.40. The molecule has 5 amide bonds. The highest BCUT2D eigenvalue weighted by Gasteiger charge is 2.43. The number of aliphatic hydroxyl groups is 1. The molecule has 1 saturated heterocycles. The Morgan fingerprint density at radius 3 is 2.40 bits per heavy atom. The lowest BCUT2D eigenvalue weighted by Crippen LogP contribution is -2.57. The highest BCUT2D eigenvalue weighted by Crippen LogP contribution is 2.30. The lowest BCUT2D eigenvalue weighted by molar-refractivity contribution is -0.141. The highest BCUT2D eigenvalue weighted by atomic mass is 16.5. The Bertz CT molecular complexity index is 1850. The number of unbranched alkanes of at least 4 members (excludes halogenated alkanes) is 1. The molecule has 55 heavy (non-hydrogen) atoms. The Hall–Kier alpha value is -5.66. The van der Waals surface area contributed by atoms with Crippen LogP contribution in [0.25, 0.3) is 21.2 Å². The fraction of sp³-hybridized carbons (Fsp3) is 0.475. The van der Waals surface area contributed by atoms with Crippen LogP contribution in [0, 0.1) is 5.92 Å². The first-order valence-electron chi connectivity index (χ1n) is 19.0. The second-order valence-electron chi connectivity index (χ2n) is 14.4. The molecular formula is C40H50N8O7. The smallest absolute Gasteiger partial charge is 0.407 e. The van der Waals surface area contributed by atoms with Gasteiger partial charge in [-0.15, -0.1) is 0 Å². The van der Waals surface area contributed by atoms with Crippen molar-refractivity contribution in [2.24, 2.45) is 16.8 Å². The molecule has 2 unspecified atom stereocenters. The number of hydrogen-bond donors (Lipinski definition) is 5. The standard InChI is InChI=1S/C40H50N8O7/c41-36(50)35(49)32(17-9-10-20-43-40(54)55-25-27-13-5-2-6-14-27)44-38(52)34-23-31(46-47-42)24-48(34)39(53)33(21-26-11-3-1-4-12-26)45-37(51)30-19-18-28-15-7-8-16-29(28)22-30/h2,5-8,13-16,18-19,22,26,31-35,49H,1,3-4,9-12,17,20-21,23-25H2,(H2,41,50)(H,43,54)(H,44,52)(H,45,51)/t31-,32?,33+,34-,35?/m0/s1. The van der Waals surface area contributed by atoms with E-state index in [2.05, 4.69) is 26.0 Å². The van der Waals surface area contributed by atoms with Crippen molar-refractivity contribution in [2.75, 3.05) is 13.1 Å². The van der Waals surface area contributed by atoms with Gasteiger partial charge in [0.15, 0.2) is 6.10 Å². The van der Waals surface area contributed by atoms with Crippen LogP contribution in [0.3, 0.4) is 0 Å². The predicted octanol–water partition coefficient (Wildman–Crippen LogP) is 4.62. The second-order valence-corrected chi connectivity index (χ2v) is 14.4. The first-order valence-corrected chi connectivity index (χ1v) is 19.0.